The standard InChI is InChI=1S/C32H58N2O8S/c1-20(7-10-29(39)33-13-6-14-34(4,5)18-23(36)19-43(40,41)42)24-8-9-25-30-26(17-28(38)32(24,25)3)31(2)12-11-22(35)15-21(31)16-27(30)37/h20-28,30,35-38H,6-19H2,1-5H3,(H-,33,39,40,41,42)/p+1/t20-,21?,22+,23?,24-,25?,26?,27+,28-,30?,31-,32+/m0/s1. The number of hydrogen-bond acceptors (Lipinski definition) is 7. The Labute approximate surface area is 259 Å². The van der Waals surface area contributed by atoms with Crippen LogP contribution in [-0.2, 0) is 14.9 Å². The summed E-state index contributed by atoms with van der Waals surface area (Å²) in [5.41, 5.74) is -0.222. The summed E-state index contributed by atoms with van der Waals surface area (Å²) in [6, 6.07) is 0. The van der Waals surface area contributed by atoms with Gasteiger partial charge in [0.2, 0.25) is 5.91 Å². The number of quaternary nitrogens is 1. The molecule has 11 heteroatoms. The van der Waals surface area contributed by atoms with E-state index in [0.717, 1.165) is 44.9 Å². The molecular weight excluding hydrogens is 572 g/mol. The molecule has 0 radical (unpaired) electrons. The van der Waals surface area contributed by atoms with Gasteiger partial charge in [-0.25, -0.2) is 0 Å². The van der Waals surface area contributed by atoms with Crippen LogP contribution in [0.15, 0.2) is 0 Å². The Balaban J connectivity index is 1.27. The Morgan fingerprint density at radius 1 is 1.05 bits per heavy atom. The third-order valence-electron chi connectivity index (χ3n) is 12.7. The molecule has 0 bridgehead atoms. The quantitative estimate of drug-likeness (QED) is 0.108. The molecule has 5 unspecified atom stereocenters. The third-order valence-corrected chi connectivity index (χ3v) is 13.5. The average molecular weight is 632 g/mol. The van der Waals surface area contributed by atoms with Crippen molar-refractivity contribution in [1.82, 2.24) is 5.32 Å². The maximum atomic E-state index is 12.7. The smallest absolute Gasteiger partial charge is 0.267 e. The molecule has 4 saturated carbocycles. The first-order chi connectivity index (χ1) is 19.9. The largest absolute Gasteiger partial charge is 0.393 e. The van der Waals surface area contributed by atoms with Crippen molar-refractivity contribution in [1.29, 1.82) is 0 Å². The molecule has 0 aliphatic heterocycles. The summed E-state index contributed by atoms with van der Waals surface area (Å²) in [5.74, 6) is 0.890. The van der Waals surface area contributed by atoms with E-state index in [9.17, 15) is 33.6 Å². The van der Waals surface area contributed by atoms with Crippen molar-refractivity contribution in [2.24, 2.45) is 46.3 Å². The minimum atomic E-state index is -4.23. The van der Waals surface area contributed by atoms with Crippen molar-refractivity contribution < 1.29 is 42.7 Å². The molecule has 0 aromatic heterocycles. The van der Waals surface area contributed by atoms with Crippen LogP contribution in [0.5, 0.6) is 0 Å². The van der Waals surface area contributed by atoms with Gasteiger partial charge in [-0.2, -0.15) is 8.42 Å². The van der Waals surface area contributed by atoms with Crippen LogP contribution in [-0.4, -0.2) is 108 Å². The first-order valence-corrected chi connectivity index (χ1v) is 18.2. The van der Waals surface area contributed by atoms with Gasteiger partial charge in [0.15, 0.2) is 0 Å². The fraction of sp³-hybridized carbons (Fsp3) is 0.969. The summed E-state index contributed by atoms with van der Waals surface area (Å²) in [5, 5.41) is 46.5. The minimum absolute atomic E-state index is 0.00585. The van der Waals surface area contributed by atoms with E-state index in [1.54, 1.807) is 0 Å². The van der Waals surface area contributed by atoms with E-state index in [1.807, 2.05) is 14.1 Å². The van der Waals surface area contributed by atoms with E-state index in [0.29, 0.717) is 48.7 Å². The molecule has 0 heterocycles. The molecule has 250 valence electrons. The summed E-state index contributed by atoms with van der Waals surface area (Å²) >= 11 is 0. The zero-order valence-corrected chi connectivity index (χ0v) is 27.8. The lowest BCUT2D eigenvalue weighted by Crippen LogP contribution is -2.62. The highest BCUT2D eigenvalue weighted by molar-refractivity contribution is 7.85. The van der Waals surface area contributed by atoms with Crippen LogP contribution in [0.1, 0.15) is 85.0 Å². The van der Waals surface area contributed by atoms with Crippen molar-refractivity contribution in [3.05, 3.63) is 0 Å². The lowest BCUT2D eigenvalue weighted by molar-refractivity contribution is -0.893. The predicted molar refractivity (Wildman–Crippen MR) is 164 cm³/mol. The second-order valence-corrected chi connectivity index (χ2v) is 17.5. The van der Waals surface area contributed by atoms with Crippen molar-refractivity contribution >= 4 is 16.0 Å². The van der Waals surface area contributed by atoms with Gasteiger partial charge in [-0.15, -0.1) is 0 Å². The summed E-state index contributed by atoms with van der Waals surface area (Å²) in [6.45, 7) is 8.10. The van der Waals surface area contributed by atoms with Gasteiger partial charge in [-0.05, 0) is 97.7 Å². The molecule has 1 amide bonds. The molecule has 0 aromatic rings. The summed E-state index contributed by atoms with van der Waals surface area (Å²) in [7, 11) is -0.484. The van der Waals surface area contributed by atoms with Gasteiger partial charge in [0.25, 0.3) is 10.1 Å². The van der Waals surface area contributed by atoms with E-state index < -0.39 is 28.1 Å². The first-order valence-electron chi connectivity index (χ1n) is 16.6. The fourth-order valence-corrected chi connectivity index (χ4v) is 11.1. The second-order valence-electron chi connectivity index (χ2n) is 16.0. The molecule has 0 spiro atoms. The Bertz CT molecular complexity index is 1090. The van der Waals surface area contributed by atoms with E-state index in [1.165, 1.54) is 0 Å². The van der Waals surface area contributed by atoms with Crippen molar-refractivity contribution in [3.63, 3.8) is 0 Å². The third kappa shape index (κ3) is 7.60. The number of carbonyl (C=O) groups is 1. The van der Waals surface area contributed by atoms with Gasteiger partial charge in [-0.1, -0.05) is 20.8 Å². The first kappa shape index (κ1) is 35.0. The molecule has 6 N–H and O–H groups in total. The van der Waals surface area contributed by atoms with Crippen LogP contribution < -0.4 is 5.32 Å². The molecule has 12 atom stereocenters. The number of hydrogen-bond donors (Lipinski definition) is 6. The molecule has 10 nitrogen and oxygen atoms in total. The Kier molecular flexibility index (Phi) is 10.7. The highest BCUT2D eigenvalue weighted by atomic mass is 32.2. The van der Waals surface area contributed by atoms with Crippen molar-refractivity contribution in [2.75, 3.05) is 39.5 Å². The van der Waals surface area contributed by atoms with E-state index in [2.05, 4.69) is 26.1 Å². The lowest BCUT2D eigenvalue weighted by Gasteiger charge is -2.63. The zero-order chi connectivity index (χ0) is 32.0. The van der Waals surface area contributed by atoms with Crippen LogP contribution in [0.25, 0.3) is 0 Å². The second kappa shape index (κ2) is 13.1. The zero-order valence-electron chi connectivity index (χ0n) is 27.0. The van der Waals surface area contributed by atoms with Crippen LogP contribution in [0, 0.1) is 46.3 Å². The summed E-state index contributed by atoms with van der Waals surface area (Å²) in [6.07, 6.45) is 5.56. The van der Waals surface area contributed by atoms with Crippen LogP contribution in [0.4, 0.5) is 0 Å². The molecule has 4 rings (SSSR count). The monoisotopic (exact) mass is 631 g/mol. The highest BCUT2D eigenvalue weighted by Crippen LogP contribution is 2.68. The number of amides is 1. The normalized spacial score (nSPS) is 41.1. The number of aliphatic hydroxyl groups excluding tert-OH is 4. The van der Waals surface area contributed by atoms with Gasteiger partial charge in [0.1, 0.15) is 18.4 Å². The number of fused-ring (bicyclic) bond motifs is 5. The SMILES string of the molecule is C[C@@H](CCC(=O)NCCC[N+](C)(C)CC(O)CS(=O)(=O)O)[C@@H]1CCC2C3C(C[C@H](O)[C@@]21C)[C@@]1(C)CC[C@@H](O)CC1C[C@H]3O. The number of nitrogens with zero attached hydrogens (tertiary/aromatic N) is 1. The molecule has 43 heavy (non-hydrogen) atoms. The molecular formula is C32H59N2O8S+. The fourth-order valence-electron chi connectivity index (χ4n) is 10.5. The molecule has 4 fully saturated rings. The molecule has 4 aliphatic carbocycles. The number of rotatable bonds is 12. The average Bonchev–Trinajstić information content (AvgIpc) is 3.24. The number of aliphatic hydroxyl groups is 4. The van der Waals surface area contributed by atoms with Gasteiger partial charge in [-0.3, -0.25) is 9.35 Å². The van der Waals surface area contributed by atoms with Gasteiger partial charge in [0, 0.05) is 19.4 Å². The minimum Gasteiger partial charge on any atom is -0.393 e. The summed E-state index contributed by atoms with van der Waals surface area (Å²) < 4.78 is 31.3. The van der Waals surface area contributed by atoms with Gasteiger partial charge < -0.3 is 30.2 Å². The number of nitrogens with one attached hydrogen (secondary N) is 1. The number of carbonyl (C=O) groups excluding carboxylic acids is 1. The van der Waals surface area contributed by atoms with E-state index >= 15 is 0 Å². The van der Waals surface area contributed by atoms with Crippen LogP contribution >= 0.6 is 0 Å². The topological polar surface area (TPSA) is 164 Å². The molecule has 0 aromatic carbocycles. The van der Waals surface area contributed by atoms with Crippen molar-refractivity contribution in [3.8, 4) is 0 Å². The maximum Gasteiger partial charge on any atom is 0.267 e. The molecule has 0 saturated heterocycles. The summed E-state index contributed by atoms with van der Waals surface area (Å²) in [4.78, 5) is 12.7. The Morgan fingerprint density at radius 2 is 1.74 bits per heavy atom. The van der Waals surface area contributed by atoms with E-state index in [4.69, 9.17) is 4.55 Å². The Morgan fingerprint density at radius 3 is 2.42 bits per heavy atom. The number of likely N-dealkylation sites (N-methyl/N-ethyl adjacent to an activating group) is 1. The van der Waals surface area contributed by atoms with Gasteiger partial charge >= 0.3 is 0 Å². The van der Waals surface area contributed by atoms with Gasteiger partial charge in [0.05, 0.1) is 39.0 Å². The van der Waals surface area contributed by atoms with Crippen LogP contribution in [0.3, 0.4) is 0 Å². The predicted octanol–water partition coefficient (Wildman–Crippen LogP) is 2.20. The van der Waals surface area contributed by atoms with Crippen molar-refractivity contribution in [2.45, 2.75) is 109 Å². The maximum absolute atomic E-state index is 12.7. The lowest BCUT2D eigenvalue weighted by atomic mass is 9.43. The van der Waals surface area contributed by atoms with Crippen LogP contribution in [0.2, 0.25) is 0 Å². The van der Waals surface area contributed by atoms with E-state index in [-0.39, 0.29) is 59.2 Å². The highest BCUT2D eigenvalue weighted by Gasteiger charge is 2.65. The molecule has 4 aliphatic rings. The Hall–Kier alpha value is -0.820.